The van der Waals surface area contributed by atoms with Gasteiger partial charge in [0.05, 0.1) is 5.56 Å². The van der Waals surface area contributed by atoms with E-state index in [1.807, 2.05) is 24.3 Å². The van der Waals surface area contributed by atoms with Gasteiger partial charge in [-0.25, -0.2) is 0 Å². The van der Waals surface area contributed by atoms with E-state index in [1.54, 1.807) is 48.5 Å². The average molecular weight is 471 g/mol. The van der Waals surface area contributed by atoms with Crippen molar-refractivity contribution in [3.8, 4) is 5.75 Å². The van der Waals surface area contributed by atoms with Gasteiger partial charge in [0, 0.05) is 42.9 Å². The first-order valence-corrected chi connectivity index (χ1v) is 12.3. The Hall–Kier alpha value is -3.81. The Balaban J connectivity index is 1.69. The maximum Gasteiger partial charge on any atom is 0.339 e. The van der Waals surface area contributed by atoms with E-state index in [4.69, 9.17) is 4.18 Å². The summed E-state index contributed by atoms with van der Waals surface area (Å²) in [6.45, 7) is 0. The molecule has 6 rings (SSSR count). The Morgan fingerprint density at radius 1 is 0.667 bits per heavy atom. The lowest BCUT2D eigenvalue weighted by molar-refractivity contribution is 0.0979. The van der Waals surface area contributed by atoms with Crippen molar-refractivity contribution in [2.45, 2.75) is 4.90 Å². The molecule has 0 fully saturated rings. The summed E-state index contributed by atoms with van der Waals surface area (Å²) in [6.07, 6.45) is 0. The summed E-state index contributed by atoms with van der Waals surface area (Å²) in [5.41, 5.74) is 0.701. The quantitative estimate of drug-likeness (QED) is 0.315. The van der Waals surface area contributed by atoms with Crippen LogP contribution in [0.1, 0.15) is 31.8 Å². The Kier molecular flexibility index (Phi) is 4.27. The molecule has 0 atom stereocenters. The molecule has 1 aromatic heterocycles. The molecule has 0 aliphatic heterocycles. The lowest BCUT2D eigenvalue weighted by atomic mass is 9.81. The van der Waals surface area contributed by atoms with Gasteiger partial charge in [0.15, 0.2) is 17.3 Å². The van der Waals surface area contributed by atoms with Gasteiger partial charge in [-0.3, -0.25) is 9.59 Å². The van der Waals surface area contributed by atoms with Crippen LogP contribution in [0, 0.1) is 0 Å². The zero-order valence-electron chi connectivity index (χ0n) is 16.9. The summed E-state index contributed by atoms with van der Waals surface area (Å²) in [5, 5.41) is 1.48. The van der Waals surface area contributed by atoms with E-state index in [1.165, 1.54) is 23.5 Å². The zero-order valence-corrected chi connectivity index (χ0v) is 18.6. The summed E-state index contributed by atoms with van der Waals surface area (Å²) in [5.74, 6) is -0.896. The average Bonchev–Trinajstić information content (AvgIpc) is 3.20. The van der Waals surface area contributed by atoms with Crippen molar-refractivity contribution in [1.29, 1.82) is 0 Å². The third kappa shape index (κ3) is 2.93. The molecular weight excluding hydrogens is 456 g/mol. The monoisotopic (exact) mass is 470 g/mol. The van der Waals surface area contributed by atoms with E-state index in [9.17, 15) is 18.0 Å². The first-order chi connectivity index (χ1) is 16.0. The number of thiophene rings is 1. The van der Waals surface area contributed by atoms with E-state index in [2.05, 4.69) is 0 Å². The van der Waals surface area contributed by atoms with Crippen molar-refractivity contribution in [2.75, 3.05) is 0 Å². The van der Waals surface area contributed by atoms with Crippen LogP contribution in [0.4, 0.5) is 0 Å². The van der Waals surface area contributed by atoms with Crippen molar-refractivity contribution in [1.82, 2.24) is 0 Å². The summed E-state index contributed by atoms with van der Waals surface area (Å²) in [7, 11) is -4.22. The fraction of sp³-hybridized carbons (Fsp3) is 0. The van der Waals surface area contributed by atoms with Crippen LogP contribution in [0.25, 0.3) is 20.2 Å². The zero-order chi connectivity index (χ0) is 22.7. The number of hydrogen-bond acceptors (Lipinski definition) is 6. The summed E-state index contributed by atoms with van der Waals surface area (Å²) >= 11 is 1.42. The first kappa shape index (κ1) is 19.8. The highest BCUT2D eigenvalue weighted by Crippen LogP contribution is 2.45. The van der Waals surface area contributed by atoms with Crippen molar-refractivity contribution in [2.24, 2.45) is 0 Å². The lowest BCUT2D eigenvalue weighted by Crippen LogP contribution is -2.23. The standard InChI is InChI=1S/C26H14O5S2/c27-25-16-10-4-5-11-17(16)26(28)24-22-18-12-6-7-13-20(18)32-21(22)14-19(23(24)25)31-33(29,30)15-8-2-1-3-9-15/h1-14H. The van der Waals surface area contributed by atoms with Gasteiger partial charge < -0.3 is 4.18 Å². The van der Waals surface area contributed by atoms with Crippen LogP contribution in [0.5, 0.6) is 5.75 Å². The Bertz CT molecular complexity index is 1730. The van der Waals surface area contributed by atoms with Gasteiger partial charge in [-0.1, -0.05) is 60.7 Å². The van der Waals surface area contributed by atoms with E-state index >= 15 is 0 Å². The van der Waals surface area contributed by atoms with E-state index in [0.29, 0.717) is 15.6 Å². The molecule has 0 saturated carbocycles. The molecule has 1 aliphatic rings. The van der Waals surface area contributed by atoms with Gasteiger partial charge >= 0.3 is 10.1 Å². The molecule has 1 aliphatic carbocycles. The molecule has 160 valence electrons. The molecule has 5 aromatic rings. The summed E-state index contributed by atoms with van der Waals surface area (Å²) in [4.78, 5) is 27.2. The predicted molar refractivity (Wildman–Crippen MR) is 127 cm³/mol. The molecule has 33 heavy (non-hydrogen) atoms. The van der Waals surface area contributed by atoms with Gasteiger partial charge in [-0.05, 0) is 18.2 Å². The fourth-order valence-corrected chi connectivity index (χ4v) is 6.38. The third-order valence-corrected chi connectivity index (χ3v) is 8.10. The third-order valence-electron chi connectivity index (χ3n) is 5.73. The van der Waals surface area contributed by atoms with E-state index < -0.39 is 15.9 Å². The smallest absolute Gasteiger partial charge is 0.339 e. The van der Waals surface area contributed by atoms with Crippen molar-refractivity contribution in [3.05, 3.63) is 107 Å². The number of fused-ring (bicyclic) bond motifs is 6. The largest absolute Gasteiger partial charge is 0.378 e. The van der Waals surface area contributed by atoms with Crippen LogP contribution in [-0.2, 0) is 10.1 Å². The highest BCUT2D eigenvalue weighted by Gasteiger charge is 2.36. The molecule has 0 spiro atoms. The number of hydrogen-bond donors (Lipinski definition) is 0. The second-order valence-corrected chi connectivity index (χ2v) is 10.3. The molecule has 0 unspecified atom stereocenters. The van der Waals surface area contributed by atoms with Gasteiger partial charge in [0.2, 0.25) is 0 Å². The van der Waals surface area contributed by atoms with Crippen LogP contribution in [0.15, 0.2) is 89.8 Å². The van der Waals surface area contributed by atoms with Gasteiger partial charge in [-0.15, -0.1) is 11.3 Å². The number of carbonyl (C=O) groups is 2. The molecule has 4 aromatic carbocycles. The van der Waals surface area contributed by atoms with Crippen LogP contribution in [0.3, 0.4) is 0 Å². The van der Waals surface area contributed by atoms with Crippen molar-refractivity contribution < 1.29 is 22.2 Å². The maximum absolute atomic E-state index is 13.6. The summed E-state index contributed by atoms with van der Waals surface area (Å²) in [6, 6.07) is 23.4. The Morgan fingerprint density at radius 3 is 2.00 bits per heavy atom. The van der Waals surface area contributed by atoms with Crippen molar-refractivity contribution in [3.63, 3.8) is 0 Å². The summed E-state index contributed by atoms with van der Waals surface area (Å²) < 4.78 is 33.2. The normalized spacial score (nSPS) is 13.2. The van der Waals surface area contributed by atoms with Crippen LogP contribution >= 0.6 is 11.3 Å². The van der Waals surface area contributed by atoms with Crippen LogP contribution < -0.4 is 4.18 Å². The van der Waals surface area contributed by atoms with E-state index in [0.717, 1.165) is 10.1 Å². The highest BCUT2D eigenvalue weighted by molar-refractivity contribution is 7.87. The SMILES string of the molecule is O=C1c2ccccc2C(=O)c2c1c(OS(=O)(=O)c1ccccc1)cc1sc3ccccc3c21. The minimum absolute atomic E-state index is 0.0192. The number of rotatable bonds is 3. The molecule has 0 saturated heterocycles. The van der Waals surface area contributed by atoms with Crippen LogP contribution in [0.2, 0.25) is 0 Å². The topological polar surface area (TPSA) is 77.5 Å². The number of benzene rings is 4. The molecule has 0 amide bonds. The van der Waals surface area contributed by atoms with Crippen LogP contribution in [-0.4, -0.2) is 20.0 Å². The number of ketones is 2. The minimum atomic E-state index is -4.22. The molecule has 0 radical (unpaired) electrons. The lowest BCUT2D eigenvalue weighted by Gasteiger charge is -2.21. The molecule has 5 nitrogen and oxygen atoms in total. The number of carbonyl (C=O) groups excluding carboxylic acids is 2. The second kappa shape index (κ2) is 7.10. The highest BCUT2D eigenvalue weighted by atomic mass is 32.2. The van der Waals surface area contributed by atoms with Gasteiger partial charge in [0.25, 0.3) is 0 Å². The maximum atomic E-state index is 13.6. The predicted octanol–water partition coefficient (Wildman–Crippen LogP) is 5.60. The molecule has 7 heteroatoms. The Morgan fingerprint density at radius 2 is 1.27 bits per heavy atom. The second-order valence-electron chi connectivity index (χ2n) is 7.65. The molecular formula is C26H14O5S2. The fourth-order valence-electron chi connectivity index (χ4n) is 4.28. The van der Waals surface area contributed by atoms with Gasteiger partial charge in [0.1, 0.15) is 4.90 Å². The molecule has 0 N–H and O–H groups in total. The molecule has 1 heterocycles. The minimum Gasteiger partial charge on any atom is -0.378 e. The van der Waals surface area contributed by atoms with Gasteiger partial charge in [-0.2, -0.15) is 8.42 Å². The first-order valence-electron chi connectivity index (χ1n) is 10.1. The Labute approximate surface area is 193 Å². The molecule has 0 bridgehead atoms. The van der Waals surface area contributed by atoms with E-state index in [-0.39, 0.29) is 33.1 Å². The van der Waals surface area contributed by atoms with Crippen molar-refractivity contribution >= 4 is 53.2 Å².